The first-order valence-electron chi connectivity index (χ1n) is 14.3. The Morgan fingerprint density at radius 1 is 1.20 bits per heavy atom. The molecule has 3 aromatic rings. The molecule has 4 atom stereocenters. The van der Waals surface area contributed by atoms with E-state index in [9.17, 15) is 14.3 Å². The number of halogens is 2. The molecular formula is C28H39F2N9O2. The standard InChI is InChI=1S/C28H39F2N9O2/c1-4-37-5-7-38(8-6-37)15-19-13-32-24(12-22(19)31)35-28-33-14-21(30)26(36-28)18-10-20(29)27-23(11-18)39(17(3)34-27)16(2)9-25(40)41/h10-11,14,16,19,22,24,32H,4-9,12-13,15,31H2,1-3H3,(H,40,41)(H,33,35,36)/t16-,19-,22-,24-/m1/s1. The van der Waals surface area contributed by atoms with E-state index in [-0.39, 0.29) is 41.4 Å². The van der Waals surface area contributed by atoms with Gasteiger partial charge in [-0.25, -0.2) is 23.7 Å². The molecule has 11 nitrogen and oxygen atoms in total. The van der Waals surface area contributed by atoms with Crippen LogP contribution in [-0.4, -0.2) is 98.4 Å². The van der Waals surface area contributed by atoms with Gasteiger partial charge in [0.15, 0.2) is 11.6 Å². The minimum Gasteiger partial charge on any atom is -0.481 e. The Morgan fingerprint density at radius 2 is 1.93 bits per heavy atom. The molecule has 1 aromatic carbocycles. The summed E-state index contributed by atoms with van der Waals surface area (Å²) in [5, 5.41) is 16.0. The van der Waals surface area contributed by atoms with Crippen molar-refractivity contribution in [2.75, 3.05) is 51.1 Å². The van der Waals surface area contributed by atoms with Gasteiger partial charge in [-0.3, -0.25) is 10.1 Å². The number of piperazine rings is 1. The summed E-state index contributed by atoms with van der Waals surface area (Å²) in [4.78, 5) is 29.0. The molecule has 0 radical (unpaired) electrons. The zero-order chi connectivity index (χ0) is 29.3. The largest absolute Gasteiger partial charge is 0.481 e. The second-order valence-electron chi connectivity index (χ2n) is 11.2. The number of likely N-dealkylation sites (N-methyl/N-ethyl adjacent to an activating group) is 1. The summed E-state index contributed by atoms with van der Waals surface area (Å²) in [6, 6.07) is 2.28. The first-order valence-corrected chi connectivity index (χ1v) is 14.3. The van der Waals surface area contributed by atoms with Crippen molar-refractivity contribution in [3.8, 4) is 11.3 Å². The van der Waals surface area contributed by atoms with E-state index in [1.807, 2.05) is 0 Å². The van der Waals surface area contributed by atoms with Crippen LogP contribution in [0.5, 0.6) is 0 Å². The Balaban J connectivity index is 1.30. The smallest absolute Gasteiger partial charge is 0.305 e. The molecule has 4 heterocycles. The van der Waals surface area contributed by atoms with E-state index in [1.54, 1.807) is 24.5 Å². The SMILES string of the molecule is CCN1CCN(C[C@H]2CN[C@H](Nc3ncc(F)c(-c4cc(F)c5nc(C)n([C@H](C)CC(=O)O)c5c4)n3)C[C@H]2N)CC1. The number of fused-ring (bicyclic) bond motifs is 1. The minimum atomic E-state index is -0.981. The Labute approximate surface area is 238 Å². The van der Waals surface area contributed by atoms with E-state index in [1.165, 1.54) is 6.07 Å². The van der Waals surface area contributed by atoms with E-state index in [0.717, 1.165) is 52.0 Å². The summed E-state index contributed by atoms with van der Waals surface area (Å²) in [6.45, 7) is 12.6. The second kappa shape index (κ2) is 12.3. The van der Waals surface area contributed by atoms with Crippen LogP contribution in [0.2, 0.25) is 0 Å². The summed E-state index contributed by atoms with van der Waals surface area (Å²) in [5.74, 6) is -1.34. The van der Waals surface area contributed by atoms with E-state index in [0.29, 0.717) is 23.7 Å². The normalized spacial score (nSPS) is 23.1. The van der Waals surface area contributed by atoms with Crippen molar-refractivity contribution in [3.05, 3.63) is 35.8 Å². The molecule has 0 bridgehead atoms. The molecule has 2 saturated heterocycles. The average Bonchev–Trinajstić information content (AvgIpc) is 3.27. The van der Waals surface area contributed by atoms with Crippen LogP contribution in [0.1, 0.15) is 38.6 Å². The third kappa shape index (κ3) is 6.48. The summed E-state index contributed by atoms with van der Waals surface area (Å²) in [7, 11) is 0. The van der Waals surface area contributed by atoms with Gasteiger partial charge in [-0.05, 0) is 44.9 Å². The number of nitrogens with zero attached hydrogens (tertiary/aromatic N) is 6. The number of aromatic nitrogens is 4. The van der Waals surface area contributed by atoms with Gasteiger partial charge < -0.3 is 30.5 Å². The summed E-state index contributed by atoms with van der Waals surface area (Å²) in [5.41, 5.74) is 7.19. The predicted octanol–water partition coefficient (Wildman–Crippen LogP) is 2.43. The number of aryl methyl sites for hydroxylation is 1. The Kier molecular flexibility index (Phi) is 8.78. The average molecular weight is 572 g/mol. The van der Waals surface area contributed by atoms with Crippen LogP contribution in [0.3, 0.4) is 0 Å². The third-order valence-electron chi connectivity index (χ3n) is 8.30. The Hall–Kier alpha value is -3.26. The van der Waals surface area contributed by atoms with Crippen molar-refractivity contribution in [1.29, 1.82) is 0 Å². The van der Waals surface area contributed by atoms with Gasteiger partial charge in [0.25, 0.3) is 0 Å². The topological polar surface area (TPSA) is 137 Å². The molecule has 0 aliphatic carbocycles. The zero-order valence-electron chi connectivity index (χ0n) is 23.8. The number of anilines is 1. The number of piperidine rings is 1. The maximum Gasteiger partial charge on any atom is 0.305 e. The number of aliphatic carboxylic acids is 1. The summed E-state index contributed by atoms with van der Waals surface area (Å²) in [6.07, 6.45) is 1.35. The highest BCUT2D eigenvalue weighted by atomic mass is 19.1. The van der Waals surface area contributed by atoms with Crippen molar-refractivity contribution >= 4 is 23.0 Å². The lowest BCUT2D eigenvalue weighted by Crippen LogP contribution is -2.57. The molecule has 0 spiro atoms. The lowest BCUT2D eigenvalue weighted by molar-refractivity contribution is -0.137. The highest BCUT2D eigenvalue weighted by Crippen LogP contribution is 2.31. The number of hydrogen-bond donors (Lipinski definition) is 4. The number of rotatable bonds is 9. The minimum absolute atomic E-state index is 0.0225. The van der Waals surface area contributed by atoms with E-state index in [2.05, 4.69) is 42.3 Å². The molecule has 41 heavy (non-hydrogen) atoms. The lowest BCUT2D eigenvalue weighted by Gasteiger charge is -2.40. The van der Waals surface area contributed by atoms with Crippen molar-refractivity contribution in [3.63, 3.8) is 0 Å². The fraction of sp³-hybridized carbons (Fsp3) is 0.571. The number of imidazole rings is 1. The van der Waals surface area contributed by atoms with Gasteiger partial charge in [-0.2, -0.15) is 0 Å². The molecule has 5 N–H and O–H groups in total. The molecule has 5 rings (SSSR count). The van der Waals surface area contributed by atoms with Gasteiger partial charge in [0.2, 0.25) is 5.95 Å². The van der Waals surface area contributed by atoms with Crippen molar-refractivity contribution in [2.24, 2.45) is 11.7 Å². The van der Waals surface area contributed by atoms with Gasteiger partial charge in [0.05, 0.1) is 24.3 Å². The molecule has 2 aromatic heterocycles. The predicted molar refractivity (Wildman–Crippen MR) is 152 cm³/mol. The quantitative estimate of drug-likeness (QED) is 0.303. The molecule has 0 unspecified atom stereocenters. The Bertz CT molecular complexity index is 1390. The van der Waals surface area contributed by atoms with Crippen LogP contribution in [0.4, 0.5) is 14.7 Å². The van der Waals surface area contributed by atoms with Gasteiger partial charge in [0.1, 0.15) is 17.0 Å². The van der Waals surface area contributed by atoms with Gasteiger partial charge >= 0.3 is 5.97 Å². The number of carboxylic acids is 1. The van der Waals surface area contributed by atoms with Crippen LogP contribution in [0.25, 0.3) is 22.3 Å². The van der Waals surface area contributed by atoms with Gasteiger partial charge in [-0.15, -0.1) is 0 Å². The highest BCUT2D eigenvalue weighted by Gasteiger charge is 2.30. The number of nitrogens with two attached hydrogens (primary N) is 1. The summed E-state index contributed by atoms with van der Waals surface area (Å²) < 4.78 is 31.8. The van der Waals surface area contributed by atoms with Crippen molar-refractivity contribution in [1.82, 2.24) is 34.6 Å². The number of carbonyl (C=O) groups is 1. The molecule has 2 aliphatic rings. The second-order valence-corrected chi connectivity index (χ2v) is 11.2. The molecule has 13 heteroatoms. The molecule has 0 saturated carbocycles. The van der Waals surface area contributed by atoms with E-state index in [4.69, 9.17) is 5.73 Å². The maximum atomic E-state index is 15.1. The maximum absolute atomic E-state index is 15.1. The lowest BCUT2D eigenvalue weighted by atomic mass is 9.91. The number of nitrogens with one attached hydrogen (secondary N) is 2. The monoisotopic (exact) mass is 571 g/mol. The molecule has 2 aliphatic heterocycles. The molecule has 222 valence electrons. The third-order valence-corrected chi connectivity index (χ3v) is 8.30. The summed E-state index contributed by atoms with van der Waals surface area (Å²) >= 11 is 0. The van der Waals surface area contributed by atoms with Crippen LogP contribution in [0, 0.1) is 24.5 Å². The van der Waals surface area contributed by atoms with Gasteiger partial charge in [0, 0.05) is 56.9 Å². The molecule has 2 fully saturated rings. The number of carboxylic acid groups (broad SMARTS) is 1. The highest BCUT2D eigenvalue weighted by molar-refractivity contribution is 5.83. The van der Waals surface area contributed by atoms with E-state index < -0.39 is 23.6 Å². The molecular weight excluding hydrogens is 532 g/mol. The fourth-order valence-corrected chi connectivity index (χ4v) is 6.02. The van der Waals surface area contributed by atoms with Crippen LogP contribution in [-0.2, 0) is 4.79 Å². The fourth-order valence-electron chi connectivity index (χ4n) is 6.02. The number of benzene rings is 1. The number of hydrogen-bond acceptors (Lipinski definition) is 9. The van der Waals surface area contributed by atoms with Crippen molar-refractivity contribution in [2.45, 2.75) is 51.9 Å². The first-order chi connectivity index (χ1) is 19.6. The van der Waals surface area contributed by atoms with Crippen LogP contribution >= 0.6 is 0 Å². The van der Waals surface area contributed by atoms with Crippen LogP contribution in [0.15, 0.2) is 18.3 Å². The van der Waals surface area contributed by atoms with Crippen molar-refractivity contribution < 1.29 is 18.7 Å². The Morgan fingerprint density at radius 3 is 2.61 bits per heavy atom. The first kappa shape index (κ1) is 29.2. The molecule has 0 amide bonds. The van der Waals surface area contributed by atoms with E-state index >= 15 is 4.39 Å². The van der Waals surface area contributed by atoms with Gasteiger partial charge in [-0.1, -0.05) is 6.92 Å². The van der Waals surface area contributed by atoms with Crippen LogP contribution < -0.4 is 16.4 Å². The zero-order valence-corrected chi connectivity index (χ0v) is 23.8.